The maximum absolute atomic E-state index is 9.17. The largest absolute Gasteiger partial charge is 0.394 e. The van der Waals surface area contributed by atoms with Crippen molar-refractivity contribution in [1.29, 1.82) is 0 Å². The van der Waals surface area contributed by atoms with Gasteiger partial charge in [0, 0.05) is 12.6 Å². The highest BCUT2D eigenvalue weighted by Crippen LogP contribution is 2.16. The van der Waals surface area contributed by atoms with Gasteiger partial charge in [-0.25, -0.2) is 15.8 Å². The molecule has 0 fully saturated rings. The van der Waals surface area contributed by atoms with Crippen LogP contribution in [0.3, 0.4) is 0 Å². The Kier molecular flexibility index (Phi) is 5.26. The van der Waals surface area contributed by atoms with Crippen molar-refractivity contribution < 1.29 is 10.2 Å². The van der Waals surface area contributed by atoms with Crippen LogP contribution in [0.5, 0.6) is 0 Å². The molecule has 90 valence electrons. The predicted molar refractivity (Wildman–Crippen MR) is 63.2 cm³/mol. The van der Waals surface area contributed by atoms with Gasteiger partial charge in [-0.15, -0.1) is 0 Å². The average Bonchev–Trinajstić information content (AvgIpc) is 2.35. The second-order valence-corrected chi connectivity index (χ2v) is 3.76. The molecule has 0 amide bonds. The van der Waals surface area contributed by atoms with Crippen LogP contribution in [0, 0.1) is 0 Å². The number of hydrogen-bond donors (Lipinski definition) is 5. The van der Waals surface area contributed by atoms with Gasteiger partial charge in [0.25, 0.3) is 0 Å². The Morgan fingerprint density at radius 2 is 2.19 bits per heavy atom. The van der Waals surface area contributed by atoms with Crippen molar-refractivity contribution in [2.24, 2.45) is 5.84 Å². The quantitative estimate of drug-likeness (QED) is 0.192. The van der Waals surface area contributed by atoms with Gasteiger partial charge in [-0.05, 0) is 6.26 Å². The molecule has 0 spiro atoms. The van der Waals surface area contributed by atoms with E-state index in [1.54, 1.807) is 6.07 Å². The van der Waals surface area contributed by atoms with E-state index in [0.29, 0.717) is 16.8 Å². The first-order valence-electron chi connectivity index (χ1n) is 4.62. The minimum Gasteiger partial charge on any atom is -0.394 e. The van der Waals surface area contributed by atoms with Gasteiger partial charge in [0.05, 0.1) is 12.7 Å². The smallest absolute Gasteiger partial charge is 0.191 e. The number of hydrogen-bond acceptors (Lipinski definition) is 8. The van der Waals surface area contributed by atoms with Gasteiger partial charge >= 0.3 is 0 Å². The second-order valence-electron chi connectivity index (χ2n) is 2.99. The van der Waals surface area contributed by atoms with Crippen molar-refractivity contribution in [2.45, 2.75) is 11.3 Å². The van der Waals surface area contributed by atoms with E-state index in [0.717, 1.165) is 0 Å². The van der Waals surface area contributed by atoms with E-state index >= 15 is 0 Å². The highest BCUT2D eigenvalue weighted by molar-refractivity contribution is 7.98. The molecule has 0 bridgehead atoms. The number of anilines is 2. The Bertz CT molecular complexity index is 316. The molecule has 1 aromatic rings. The third-order valence-electron chi connectivity index (χ3n) is 1.77. The van der Waals surface area contributed by atoms with Crippen LogP contribution in [-0.4, -0.2) is 45.7 Å². The molecule has 1 heterocycles. The zero-order chi connectivity index (χ0) is 12.0. The second kappa shape index (κ2) is 6.48. The Hall–Kier alpha value is -1.09. The number of nitrogens with zero attached hydrogens (tertiary/aromatic N) is 2. The number of aromatic nitrogens is 2. The average molecular weight is 245 g/mol. The summed E-state index contributed by atoms with van der Waals surface area (Å²) in [6.45, 7) is -0.0825. The number of nitrogen functional groups attached to an aromatic ring is 1. The molecule has 1 atom stereocenters. The number of thioether (sulfide) groups is 1. The van der Waals surface area contributed by atoms with Gasteiger partial charge in [0.1, 0.15) is 11.6 Å². The topological polar surface area (TPSA) is 116 Å². The molecule has 0 saturated carbocycles. The maximum atomic E-state index is 9.17. The molecule has 0 aliphatic rings. The van der Waals surface area contributed by atoms with Gasteiger partial charge in [-0.2, -0.15) is 0 Å². The molecular weight excluding hydrogens is 230 g/mol. The molecule has 8 heteroatoms. The van der Waals surface area contributed by atoms with E-state index < -0.39 is 6.10 Å². The van der Waals surface area contributed by atoms with E-state index in [9.17, 15) is 5.11 Å². The van der Waals surface area contributed by atoms with E-state index in [-0.39, 0.29) is 13.2 Å². The van der Waals surface area contributed by atoms with Gasteiger partial charge < -0.3 is 21.0 Å². The van der Waals surface area contributed by atoms with Crippen molar-refractivity contribution in [3.05, 3.63) is 6.07 Å². The van der Waals surface area contributed by atoms with Gasteiger partial charge in [0.2, 0.25) is 0 Å². The van der Waals surface area contributed by atoms with Crippen molar-refractivity contribution in [1.82, 2.24) is 9.97 Å². The maximum Gasteiger partial charge on any atom is 0.191 e. The number of rotatable bonds is 6. The lowest BCUT2D eigenvalue weighted by Crippen LogP contribution is -2.23. The van der Waals surface area contributed by atoms with Crippen molar-refractivity contribution >= 4 is 23.4 Å². The zero-order valence-electron chi connectivity index (χ0n) is 8.84. The summed E-state index contributed by atoms with van der Waals surface area (Å²) < 4.78 is 0. The third-order valence-corrected chi connectivity index (χ3v) is 2.31. The summed E-state index contributed by atoms with van der Waals surface area (Å²) in [5.41, 5.74) is 2.43. The number of aliphatic hydroxyl groups is 2. The summed E-state index contributed by atoms with van der Waals surface area (Å²) in [6, 6.07) is 1.61. The standard InChI is InChI=1S/C8H15N5O2S/c1-16-8-11-6(2-7(12-8)13-9)10-3-5(15)4-14/h2,5,14-15H,3-4,9H2,1H3,(H2,10,11,12,13). The Balaban J connectivity index is 2.71. The summed E-state index contributed by atoms with van der Waals surface area (Å²) in [4.78, 5) is 8.24. The summed E-state index contributed by atoms with van der Waals surface area (Å²) in [7, 11) is 0. The molecule has 6 N–H and O–H groups in total. The molecule has 0 aliphatic heterocycles. The summed E-state index contributed by atoms with van der Waals surface area (Å²) in [5.74, 6) is 6.29. The third kappa shape index (κ3) is 3.81. The van der Waals surface area contributed by atoms with E-state index in [1.807, 2.05) is 6.26 Å². The molecule has 0 radical (unpaired) electrons. The van der Waals surface area contributed by atoms with E-state index in [4.69, 9.17) is 10.9 Å². The highest BCUT2D eigenvalue weighted by atomic mass is 32.2. The molecular formula is C8H15N5O2S. The zero-order valence-corrected chi connectivity index (χ0v) is 9.66. The highest BCUT2D eigenvalue weighted by Gasteiger charge is 2.05. The van der Waals surface area contributed by atoms with Crippen LogP contribution in [0.25, 0.3) is 0 Å². The lowest BCUT2D eigenvalue weighted by atomic mass is 10.4. The van der Waals surface area contributed by atoms with Crippen LogP contribution in [0.15, 0.2) is 11.2 Å². The summed E-state index contributed by atoms with van der Waals surface area (Å²) in [6.07, 6.45) is 1.03. The minimum absolute atomic E-state index is 0.214. The molecule has 0 saturated heterocycles. The van der Waals surface area contributed by atoms with Crippen LogP contribution in [0.2, 0.25) is 0 Å². The lowest BCUT2D eigenvalue weighted by Gasteiger charge is -2.11. The Labute approximate surface area is 97.5 Å². The normalized spacial score (nSPS) is 12.2. The van der Waals surface area contributed by atoms with Crippen LogP contribution >= 0.6 is 11.8 Å². The Morgan fingerprint density at radius 1 is 1.50 bits per heavy atom. The first-order valence-corrected chi connectivity index (χ1v) is 5.84. The fourth-order valence-corrected chi connectivity index (χ4v) is 1.35. The van der Waals surface area contributed by atoms with Gasteiger partial charge in [0.15, 0.2) is 5.16 Å². The fourth-order valence-electron chi connectivity index (χ4n) is 0.968. The number of hydrazine groups is 1. The Morgan fingerprint density at radius 3 is 2.75 bits per heavy atom. The van der Waals surface area contributed by atoms with Crippen molar-refractivity contribution in [3.8, 4) is 0 Å². The van der Waals surface area contributed by atoms with Gasteiger partial charge in [-0.1, -0.05) is 11.8 Å². The predicted octanol–water partition coefficient (Wildman–Crippen LogP) is -0.751. The number of aliphatic hydroxyl groups excluding tert-OH is 2. The molecule has 0 aliphatic carbocycles. The minimum atomic E-state index is -0.818. The molecule has 1 aromatic heterocycles. The molecule has 1 unspecified atom stereocenters. The molecule has 1 rings (SSSR count). The first-order chi connectivity index (χ1) is 7.69. The molecule has 16 heavy (non-hydrogen) atoms. The SMILES string of the molecule is CSc1nc(NN)cc(NCC(O)CO)n1. The lowest BCUT2D eigenvalue weighted by molar-refractivity contribution is 0.105. The van der Waals surface area contributed by atoms with Gasteiger partial charge in [-0.3, -0.25) is 0 Å². The molecule has 7 nitrogen and oxygen atoms in total. The van der Waals surface area contributed by atoms with E-state index in [1.165, 1.54) is 11.8 Å². The fraction of sp³-hybridized carbons (Fsp3) is 0.500. The van der Waals surface area contributed by atoms with Crippen LogP contribution in [0.1, 0.15) is 0 Å². The number of nitrogens with two attached hydrogens (primary N) is 1. The van der Waals surface area contributed by atoms with Crippen molar-refractivity contribution in [2.75, 3.05) is 30.1 Å². The van der Waals surface area contributed by atoms with Crippen molar-refractivity contribution in [3.63, 3.8) is 0 Å². The van der Waals surface area contributed by atoms with Crippen LogP contribution in [-0.2, 0) is 0 Å². The molecule has 0 aromatic carbocycles. The first kappa shape index (κ1) is 13.0. The van der Waals surface area contributed by atoms with Crippen LogP contribution in [0.4, 0.5) is 11.6 Å². The summed E-state index contributed by atoms with van der Waals surface area (Å²) >= 11 is 1.38. The van der Waals surface area contributed by atoms with Crippen LogP contribution < -0.4 is 16.6 Å². The number of nitrogens with one attached hydrogen (secondary N) is 2. The van der Waals surface area contributed by atoms with E-state index in [2.05, 4.69) is 20.7 Å². The summed E-state index contributed by atoms with van der Waals surface area (Å²) in [5, 5.41) is 21.3. The monoisotopic (exact) mass is 245 g/mol.